The molecule has 0 aliphatic carbocycles. The standard InChI is InChI=1S/C10H17IN2O/c1-7(2)13-10(5-8(3)14-4)9(11)6-12-13/h6-8H,5H2,1-4H3. The van der Waals surface area contributed by atoms with E-state index in [0.717, 1.165) is 6.42 Å². The van der Waals surface area contributed by atoms with Crippen molar-refractivity contribution in [3.05, 3.63) is 15.5 Å². The van der Waals surface area contributed by atoms with Crippen LogP contribution in [0.3, 0.4) is 0 Å². The number of aromatic nitrogens is 2. The van der Waals surface area contributed by atoms with Gasteiger partial charge in [-0.2, -0.15) is 5.10 Å². The number of halogens is 1. The third-order valence-electron chi connectivity index (χ3n) is 2.22. The Labute approximate surface area is 99.0 Å². The quantitative estimate of drug-likeness (QED) is 0.800. The number of hydrogen-bond acceptors (Lipinski definition) is 2. The van der Waals surface area contributed by atoms with Crippen LogP contribution in [-0.4, -0.2) is 23.0 Å². The Bertz CT molecular complexity index is 296. The first kappa shape index (κ1) is 12.0. The van der Waals surface area contributed by atoms with Crippen molar-refractivity contribution in [1.29, 1.82) is 0 Å². The van der Waals surface area contributed by atoms with E-state index >= 15 is 0 Å². The normalized spacial score (nSPS) is 13.6. The van der Waals surface area contributed by atoms with Crippen molar-refractivity contribution in [3.63, 3.8) is 0 Å². The number of methoxy groups -OCH3 is 1. The van der Waals surface area contributed by atoms with E-state index in [1.165, 1.54) is 9.26 Å². The van der Waals surface area contributed by atoms with Crippen LogP contribution in [0.1, 0.15) is 32.5 Å². The van der Waals surface area contributed by atoms with E-state index in [0.29, 0.717) is 6.04 Å². The summed E-state index contributed by atoms with van der Waals surface area (Å²) in [6.45, 7) is 6.36. The summed E-state index contributed by atoms with van der Waals surface area (Å²) in [5.74, 6) is 0. The molecule has 0 aliphatic rings. The highest BCUT2D eigenvalue weighted by atomic mass is 127. The Kier molecular flexibility index (Phi) is 4.37. The molecular formula is C10H17IN2O. The molecule has 1 atom stereocenters. The zero-order chi connectivity index (χ0) is 10.7. The summed E-state index contributed by atoms with van der Waals surface area (Å²) in [4.78, 5) is 0. The molecule has 0 aliphatic heterocycles. The van der Waals surface area contributed by atoms with Crippen molar-refractivity contribution in [2.45, 2.75) is 39.3 Å². The van der Waals surface area contributed by atoms with Crippen molar-refractivity contribution in [3.8, 4) is 0 Å². The van der Waals surface area contributed by atoms with Crippen molar-refractivity contribution in [1.82, 2.24) is 9.78 Å². The van der Waals surface area contributed by atoms with E-state index in [9.17, 15) is 0 Å². The smallest absolute Gasteiger partial charge is 0.0626 e. The molecule has 3 nitrogen and oxygen atoms in total. The summed E-state index contributed by atoms with van der Waals surface area (Å²) in [6.07, 6.45) is 3.09. The number of hydrogen-bond donors (Lipinski definition) is 0. The van der Waals surface area contributed by atoms with Gasteiger partial charge in [0.15, 0.2) is 0 Å². The van der Waals surface area contributed by atoms with Crippen LogP contribution in [0.4, 0.5) is 0 Å². The van der Waals surface area contributed by atoms with Gasteiger partial charge in [-0.1, -0.05) is 0 Å². The minimum atomic E-state index is 0.248. The van der Waals surface area contributed by atoms with Gasteiger partial charge >= 0.3 is 0 Å². The predicted molar refractivity (Wildman–Crippen MR) is 65.5 cm³/mol. The summed E-state index contributed by atoms with van der Waals surface area (Å²) < 4.78 is 8.56. The largest absolute Gasteiger partial charge is 0.381 e. The zero-order valence-corrected chi connectivity index (χ0v) is 11.3. The molecule has 0 fully saturated rings. The van der Waals surface area contributed by atoms with Crippen molar-refractivity contribution in [2.24, 2.45) is 0 Å². The van der Waals surface area contributed by atoms with Crippen molar-refractivity contribution < 1.29 is 4.74 Å². The number of nitrogens with zero attached hydrogens (tertiary/aromatic N) is 2. The Morgan fingerprint density at radius 1 is 1.50 bits per heavy atom. The second-order valence-corrected chi connectivity index (χ2v) is 4.89. The van der Waals surface area contributed by atoms with Gasteiger partial charge in [-0.3, -0.25) is 4.68 Å². The molecule has 0 amide bonds. The van der Waals surface area contributed by atoms with Gasteiger partial charge in [-0.05, 0) is 43.4 Å². The van der Waals surface area contributed by atoms with Crippen LogP contribution in [0.5, 0.6) is 0 Å². The predicted octanol–water partition coefficient (Wildman–Crippen LogP) is 2.65. The van der Waals surface area contributed by atoms with E-state index in [1.807, 2.05) is 6.20 Å². The van der Waals surface area contributed by atoms with E-state index in [1.54, 1.807) is 7.11 Å². The third-order valence-corrected chi connectivity index (χ3v) is 3.12. The molecule has 1 rings (SSSR count). The average Bonchev–Trinajstić information content (AvgIpc) is 2.48. The molecule has 1 aromatic heterocycles. The maximum absolute atomic E-state index is 5.27. The monoisotopic (exact) mass is 308 g/mol. The Hall–Kier alpha value is -0.100. The van der Waals surface area contributed by atoms with Crippen molar-refractivity contribution >= 4 is 22.6 Å². The fourth-order valence-electron chi connectivity index (χ4n) is 1.36. The highest BCUT2D eigenvalue weighted by Crippen LogP contribution is 2.18. The first-order valence-electron chi connectivity index (χ1n) is 4.81. The van der Waals surface area contributed by atoms with E-state index in [2.05, 4.69) is 53.1 Å². The van der Waals surface area contributed by atoms with E-state index in [4.69, 9.17) is 4.74 Å². The summed E-state index contributed by atoms with van der Waals surface area (Å²) in [7, 11) is 1.74. The van der Waals surface area contributed by atoms with Crippen LogP contribution in [0.25, 0.3) is 0 Å². The lowest BCUT2D eigenvalue weighted by molar-refractivity contribution is 0.116. The van der Waals surface area contributed by atoms with Gasteiger partial charge in [0.2, 0.25) is 0 Å². The minimum Gasteiger partial charge on any atom is -0.381 e. The fraction of sp³-hybridized carbons (Fsp3) is 0.700. The fourth-order valence-corrected chi connectivity index (χ4v) is 1.95. The van der Waals surface area contributed by atoms with Gasteiger partial charge in [-0.15, -0.1) is 0 Å². The Balaban J connectivity index is 2.88. The first-order valence-corrected chi connectivity index (χ1v) is 5.88. The highest BCUT2D eigenvalue weighted by molar-refractivity contribution is 14.1. The van der Waals surface area contributed by atoms with Gasteiger partial charge in [0.1, 0.15) is 0 Å². The van der Waals surface area contributed by atoms with Crippen LogP contribution in [0.2, 0.25) is 0 Å². The molecule has 1 unspecified atom stereocenters. The number of ether oxygens (including phenoxy) is 1. The third kappa shape index (κ3) is 2.70. The van der Waals surface area contributed by atoms with E-state index < -0.39 is 0 Å². The van der Waals surface area contributed by atoms with Crippen LogP contribution in [0.15, 0.2) is 6.20 Å². The molecule has 0 bridgehead atoms. The molecular weight excluding hydrogens is 291 g/mol. The first-order chi connectivity index (χ1) is 6.56. The van der Waals surface area contributed by atoms with Crippen LogP contribution in [0, 0.1) is 3.57 Å². The summed E-state index contributed by atoms with van der Waals surface area (Å²) in [6, 6.07) is 0.414. The number of rotatable bonds is 4. The second kappa shape index (κ2) is 5.11. The molecule has 1 aromatic rings. The average molecular weight is 308 g/mol. The highest BCUT2D eigenvalue weighted by Gasteiger charge is 2.13. The summed E-state index contributed by atoms with van der Waals surface area (Å²) in [5, 5.41) is 4.36. The van der Waals surface area contributed by atoms with Gasteiger partial charge < -0.3 is 4.74 Å². The van der Waals surface area contributed by atoms with Crippen molar-refractivity contribution in [2.75, 3.05) is 7.11 Å². The topological polar surface area (TPSA) is 27.1 Å². The molecule has 0 aromatic carbocycles. The Morgan fingerprint density at radius 3 is 2.64 bits per heavy atom. The molecule has 0 radical (unpaired) electrons. The molecule has 0 spiro atoms. The maximum Gasteiger partial charge on any atom is 0.0626 e. The van der Waals surface area contributed by atoms with Gasteiger partial charge in [0.25, 0.3) is 0 Å². The molecule has 0 saturated carbocycles. The van der Waals surface area contributed by atoms with Crippen LogP contribution >= 0.6 is 22.6 Å². The summed E-state index contributed by atoms with van der Waals surface area (Å²) in [5.41, 5.74) is 1.27. The summed E-state index contributed by atoms with van der Waals surface area (Å²) >= 11 is 2.33. The lowest BCUT2D eigenvalue weighted by atomic mass is 10.2. The van der Waals surface area contributed by atoms with Gasteiger partial charge in [0.05, 0.1) is 21.6 Å². The minimum absolute atomic E-state index is 0.248. The van der Waals surface area contributed by atoms with Crippen LogP contribution in [-0.2, 0) is 11.2 Å². The SMILES string of the molecule is COC(C)Cc1c(I)cnn1C(C)C. The van der Waals surface area contributed by atoms with E-state index in [-0.39, 0.29) is 6.10 Å². The molecule has 0 N–H and O–H groups in total. The van der Waals surface area contributed by atoms with Gasteiger partial charge in [0, 0.05) is 19.6 Å². The van der Waals surface area contributed by atoms with Crippen LogP contribution < -0.4 is 0 Å². The lowest BCUT2D eigenvalue weighted by Gasteiger charge is -2.14. The van der Waals surface area contributed by atoms with Gasteiger partial charge in [-0.25, -0.2) is 0 Å². The second-order valence-electron chi connectivity index (χ2n) is 3.73. The molecule has 14 heavy (non-hydrogen) atoms. The molecule has 0 saturated heterocycles. The zero-order valence-electron chi connectivity index (χ0n) is 9.12. The Morgan fingerprint density at radius 2 is 2.14 bits per heavy atom. The molecule has 1 heterocycles. The molecule has 80 valence electrons. The lowest BCUT2D eigenvalue weighted by Crippen LogP contribution is -2.15. The maximum atomic E-state index is 5.27. The molecule has 4 heteroatoms.